The second-order valence-corrected chi connectivity index (χ2v) is 4.91. The van der Waals surface area contributed by atoms with E-state index in [0.717, 1.165) is 36.4 Å². The van der Waals surface area contributed by atoms with Gasteiger partial charge in [-0.15, -0.1) is 0 Å². The van der Waals surface area contributed by atoms with Crippen LogP contribution in [0.25, 0.3) is 0 Å². The van der Waals surface area contributed by atoms with E-state index in [1.54, 1.807) is 0 Å². The largest absolute Gasteiger partial charge is 0.487 e. The molecule has 0 saturated carbocycles. The molecule has 1 aromatic carbocycles. The fourth-order valence-electron chi connectivity index (χ4n) is 2.51. The third-order valence-electron chi connectivity index (χ3n) is 3.62. The molecule has 1 aliphatic carbocycles. The summed E-state index contributed by atoms with van der Waals surface area (Å²) in [7, 11) is 0. The predicted molar refractivity (Wildman–Crippen MR) is 69.7 cm³/mol. The lowest BCUT2D eigenvalue weighted by Gasteiger charge is -2.24. The molecule has 0 saturated heterocycles. The van der Waals surface area contributed by atoms with Crippen molar-refractivity contribution in [2.75, 3.05) is 0 Å². The standard InChI is InChI=1S/C14H17N3O2/c1-9-13(17-19-16-9)8-18-14-7-3-4-10-11(14)5-2-6-12(10)15/h3-4,7,12H,2,5-6,8,15H2,1H3. The van der Waals surface area contributed by atoms with Crippen molar-refractivity contribution in [1.82, 2.24) is 10.3 Å². The maximum Gasteiger partial charge on any atom is 0.145 e. The Bertz CT molecular complexity index is 580. The molecule has 1 unspecified atom stereocenters. The van der Waals surface area contributed by atoms with Gasteiger partial charge in [-0.2, -0.15) is 0 Å². The zero-order chi connectivity index (χ0) is 13.2. The first kappa shape index (κ1) is 12.2. The van der Waals surface area contributed by atoms with Gasteiger partial charge >= 0.3 is 0 Å². The molecule has 0 spiro atoms. The van der Waals surface area contributed by atoms with Gasteiger partial charge in [-0.25, -0.2) is 4.63 Å². The van der Waals surface area contributed by atoms with E-state index in [2.05, 4.69) is 21.0 Å². The number of hydrogen-bond donors (Lipinski definition) is 1. The van der Waals surface area contributed by atoms with E-state index in [4.69, 9.17) is 10.5 Å². The third-order valence-corrected chi connectivity index (χ3v) is 3.62. The summed E-state index contributed by atoms with van der Waals surface area (Å²) in [4.78, 5) is 0. The van der Waals surface area contributed by atoms with Gasteiger partial charge in [0, 0.05) is 6.04 Å². The summed E-state index contributed by atoms with van der Waals surface area (Å²) in [5.74, 6) is 0.898. The van der Waals surface area contributed by atoms with Gasteiger partial charge in [0.05, 0.1) is 0 Å². The Morgan fingerprint density at radius 3 is 3.11 bits per heavy atom. The van der Waals surface area contributed by atoms with Crippen LogP contribution in [0.4, 0.5) is 0 Å². The summed E-state index contributed by atoms with van der Waals surface area (Å²) in [6.07, 6.45) is 3.18. The molecule has 2 aromatic rings. The quantitative estimate of drug-likeness (QED) is 0.915. The van der Waals surface area contributed by atoms with Gasteiger partial charge in [-0.1, -0.05) is 22.4 Å². The zero-order valence-corrected chi connectivity index (χ0v) is 10.9. The van der Waals surface area contributed by atoms with Crippen LogP contribution in [0.1, 0.15) is 41.4 Å². The lowest BCUT2D eigenvalue weighted by molar-refractivity contribution is 0.267. The van der Waals surface area contributed by atoms with Gasteiger partial charge in [0.1, 0.15) is 23.7 Å². The van der Waals surface area contributed by atoms with Gasteiger partial charge in [-0.05, 0) is 43.4 Å². The van der Waals surface area contributed by atoms with Crippen LogP contribution in [0.15, 0.2) is 22.8 Å². The number of fused-ring (bicyclic) bond motifs is 1. The Labute approximate surface area is 111 Å². The highest BCUT2D eigenvalue weighted by atomic mass is 16.6. The molecule has 100 valence electrons. The smallest absolute Gasteiger partial charge is 0.145 e. The van der Waals surface area contributed by atoms with Crippen molar-refractivity contribution in [3.05, 3.63) is 40.7 Å². The van der Waals surface area contributed by atoms with E-state index in [1.807, 2.05) is 19.1 Å². The number of rotatable bonds is 3. The first-order chi connectivity index (χ1) is 9.25. The van der Waals surface area contributed by atoms with Crippen LogP contribution in [0, 0.1) is 6.92 Å². The number of aryl methyl sites for hydroxylation is 1. The first-order valence-corrected chi connectivity index (χ1v) is 6.54. The molecule has 0 fully saturated rings. The predicted octanol–water partition coefficient (Wildman–Crippen LogP) is 2.29. The summed E-state index contributed by atoms with van der Waals surface area (Å²) < 4.78 is 10.5. The number of ether oxygens (including phenoxy) is 1. The van der Waals surface area contributed by atoms with E-state index in [-0.39, 0.29) is 6.04 Å². The van der Waals surface area contributed by atoms with E-state index in [1.165, 1.54) is 11.1 Å². The SMILES string of the molecule is Cc1nonc1COc1cccc2c1CCCC2N. The number of hydrogen-bond acceptors (Lipinski definition) is 5. The van der Waals surface area contributed by atoms with Gasteiger partial charge < -0.3 is 10.5 Å². The van der Waals surface area contributed by atoms with Crippen LogP contribution >= 0.6 is 0 Å². The van der Waals surface area contributed by atoms with Crippen LogP contribution < -0.4 is 10.5 Å². The molecule has 2 N–H and O–H groups in total. The van der Waals surface area contributed by atoms with Crippen molar-refractivity contribution in [1.29, 1.82) is 0 Å². The van der Waals surface area contributed by atoms with Crippen LogP contribution in [0.5, 0.6) is 5.75 Å². The Hall–Kier alpha value is -1.88. The van der Waals surface area contributed by atoms with Crippen LogP contribution in [0.2, 0.25) is 0 Å². The third kappa shape index (κ3) is 2.33. The molecule has 1 aliphatic rings. The van der Waals surface area contributed by atoms with Gasteiger partial charge in [-0.3, -0.25) is 0 Å². The highest BCUT2D eigenvalue weighted by Gasteiger charge is 2.20. The molecule has 3 rings (SSSR count). The highest BCUT2D eigenvalue weighted by Crippen LogP contribution is 2.34. The Morgan fingerprint density at radius 2 is 2.32 bits per heavy atom. The minimum absolute atomic E-state index is 0.128. The molecule has 0 amide bonds. The molecule has 5 nitrogen and oxygen atoms in total. The normalized spacial score (nSPS) is 18.1. The molecule has 19 heavy (non-hydrogen) atoms. The fourth-order valence-corrected chi connectivity index (χ4v) is 2.51. The molecule has 5 heteroatoms. The molecule has 0 aliphatic heterocycles. The number of aromatic nitrogens is 2. The lowest BCUT2D eigenvalue weighted by Crippen LogP contribution is -2.18. The van der Waals surface area contributed by atoms with Gasteiger partial charge in [0.2, 0.25) is 0 Å². The number of nitrogens with two attached hydrogens (primary N) is 1. The average molecular weight is 259 g/mol. The van der Waals surface area contributed by atoms with Gasteiger partial charge in [0.15, 0.2) is 0 Å². The van der Waals surface area contributed by atoms with Crippen LogP contribution in [0.3, 0.4) is 0 Å². The van der Waals surface area contributed by atoms with Crippen LogP contribution in [-0.2, 0) is 13.0 Å². The number of nitrogens with zero attached hydrogens (tertiary/aromatic N) is 2. The summed E-state index contributed by atoms with van der Waals surface area (Å²) in [6, 6.07) is 6.20. The molecule has 1 heterocycles. The molecule has 1 atom stereocenters. The molecular weight excluding hydrogens is 242 g/mol. The molecule has 1 aromatic heterocycles. The van der Waals surface area contributed by atoms with Crippen molar-refractivity contribution in [3.63, 3.8) is 0 Å². The molecular formula is C14H17N3O2. The van der Waals surface area contributed by atoms with Crippen molar-refractivity contribution in [2.45, 2.75) is 38.8 Å². The first-order valence-electron chi connectivity index (χ1n) is 6.54. The van der Waals surface area contributed by atoms with Crippen molar-refractivity contribution >= 4 is 0 Å². The van der Waals surface area contributed by atoms with Crippen LogP contribution in [-0.4, -0.2) is 10.3 Å². The van der Waals surface area contributed by atoms with Crippen molar-refractivity contribution in [3.8, 4) is 5.75 Å². The fraction of sp³-hybridized carbons (Fsp3) is 0.429. The van der Waals surface area contributed by atoms with E-state index < -0.39 is 0 Å². The minimum Gasteiger partial charge on any atom is -0.487 e. The Balaban J connectivity index is 1.82. The summed E-state index contributed by atoms with van der Waals surface area (Å²) in [6.45, 7) is 2.23. The van der Waals surface area contributed by atoms with Crippen molar-refractivity contribution < 1.29 is 9.37 Å². The van der Waals surface area contributed by atoms with E-state index in [9.17, 15) is 0 Å². The second-order valence-electron chi connectivity index (χ2n) is 4.91. The Kier molecular flexibility index (Phi) is 3.21. The van der Waals surface area contributed by atoms with Gasteiger partial charge in [0.25, 0.3) is 0 Å². The highest BCUT2D eigenvalue weighted by molar-refractivity contribution is 5.43. The topological polar surface area (TPSA) is 74.2 Å². The monoisotopic (exact) mass is 259 g/mol. The Morgan fingerprint density at radius 1 is 1.42 bits per heavy atom. The molecule has 0 radical (unpaired) electrons. The van der Waals surface area contributed by atoms with E-state index >= 15 is 0 Å². The van der Waals surface area contributed by atoms with E-state index in [0.29, 0.717) is 6.61 Å². The summed E-state index contributed by atoms with van der Waals surface area (Å²) >= 11 is 0. The second kappa shape index (κ2) is 5.01. The lowest BCUT2D eigenvalue weighted by atomic mass is 9.87. The maximum absolute atomic E-state index is 6.14. The molecule has 0 bridgehead atoms. The maximum atomic E-state index is 6.14. The average Bonchev–Trinajstić information content (AvgIpc) is 2.82. The summed E-state index contributed by atoms with van der Waals surface area (Å²) in [5, 5.41) is 7.56. The minimum atomic E-state index is 0.128. The zero-order valence-electron chi connectivity index (χ0n) is 10.9. The summed E-state index contributed by atoms with van der Waals surface area (Å²) in [5.41, 5.74) is 10.1. The van der Waals surface area contributed by atoms with Crippen molar-refractivity contribution in [2.24, 2.45) is 5.73 Å². The number of benzene rings is 1.